The Morgan fingerprint density at radius 2 is 2.18 bits per heavy atom. The number of pyridine rings is 1. The number of nitrogens with one attached hydrogen (secondary N) is 1. The third-order valence-corrected chi connectivity index (χ3v) is 3.04. The van der Waals surface area contributed by atoms with E-state index in [0.717, 1.165) is 0 Å². The van der Waals surface area contributed by atoms with Gasteiger partial charge in [0.2, 0.25) is 5.88 Å². The highest BCUT2D eigenvalue weighted by molar-refractivity contribution is 5.90. The first-order chi connectivity index (χ1) is 10.4. The van der Waals surface area contributed by atoms with Gasteiger partial charge in [-0.3, -0.25) is 14.8 Å². The molecule has 22 heavy (non-hydrogen) atoms. The summed E-state index contributed by atoms with van der Waals surface area (Å²) in [4.78, 5) is 28.6. The van der Waals surface area contributed by atoms with Crippen LogP contribution < -0.4 is 5.56 Å². The zero-order valence-corrected chi connectivity index (χ0v) is 11.5. The van der Waals surface area contributed by atoms with Crippen molar-refractivity contribution in [1.29, 1.82) is 5.26 Å². The van der Waals surface area contributed by atoms with Gasteiger partial charge in [0, 0.05) is 6.21 Å². The van der Waals surface area contributed by atoms with Gasteiger partial charge in [0.25, 0.3) is 5.56 Å². The van der Waals surface area contributed by atoms with Crippen LogP contribution in [0, 0.1) is 18.3 Å². The number of aliphatic imine (C=N–C) groups is 1. The van der Waals surface area contributed by atoms with E-state index in [1.54, 1.807) is 12.1 Å². The van der Waals surface area contributed by atoms with Crippen molar-refractivity contribution in [3.05, 3.63) is 56.9 Å². The van der Waals surface area contributed by atoms with Crippen LogP contribution >= 0.6 is 0 Å². The number of carboxylic acid groups (broad SMARTS) is 1. The normalized spacial score (nSPS) is 10.5. The molecule has 0 unspecified atom stereocenters. The molecule has 0 spiro atoms. The Morgan fingerprint density at radius 3 is 2.82 bits per heavy atom. The molecule has 7 heteroatoms. The summed E-state index contributed by atoms with van der Waals surface area (Å²) in [6, 6.07) is 7.68. The van der Waals surface area contributed by atoms with Crippen LogP contribution in [-0.4, -0.2) is 27.4 Å². The quantitative estimate of drug-likeness (QED) is 0.743. The van der Waals surface area contributed by atoms with Gasteiger partial charge in [-0.1, -0.05) is 6.07 Å². The summed E-state index contributed by atoms with van der Waals surface area (Å²) >= 11 is 0. The van der Waals surface area contributed by atoms with Crippen molar-refractivity contribution < 1.29 is 15.0 Å². The third-order valence-electron chi connectivity index (χ3n) is 3.04. The highest BCUT2D eigenvalue weighted by atomic mass is 16.4. The van der Waals surface area contributed by atoms with Crippen molar-refractivity contribution in [2.45, 2.75) is 6.92 Å². The van der Waals surface area contributed by atoms with Crippen LogP contribution in [0.4, 0.5) is 5.69 Å². The molecule has 3 N–H and O–H groups in total. The van der Waals surface area contributed by atoms with Crippen LogP contribution in [0.2, 0.25) is 0 Å². The number of aromatic nitrogens is 1. The van der Waals surface area contributed by atoms with E-state index in [0.29, 0.717) is 11.3 Å². The number of nitriles is 1. The van der Waals surface area contributed by atoms with E-state index in [-0.39, 0.29) is 16.7 Å². The number of carboxylic acids is 1. The molecule has 2 aromatic rings. The average Bonchev–Trinajstić information content (AvgIpc) is 2.47. The lowest BCUT2D eigenvalue weighted by Gasteiger charge is -2.04. The van der Waals surface area contributed by atoms with E-state index in [1.807, 2.05) is 0 Å². The Kier molecular flexibility index (Phi) is 4.04. The largest absolute Gasteiger partial charge is 0.494 e. The van der Waals surface area contributed by atoms with Crippen LogP contribution in [0.5, 0.6) is 5.88 Å². The van der Waals surface area contributed by atoms with Crippen molar-refractivity contribution >= 4 is 17.9 Å². The molecular weight excluding hydrogens is 286 g/mol. The van der Waals surface area contributed by atoms with Crippen LogP contribution in [0.15, 0.2) is 34.1 Å². The Labute approximate surface area is 124 Å². The summed E-state index contributed by atoms with van der Waals surface area (Å²) in [7, 11) is 0. The molecule has 0 radical (unpaired) electrons. The van der Waals surface area contributed by atoms with Gasteiger partial charge >= 0.3 is 5.97 Å². The highest BCUT2D eigenvalue weighted by Crippen LogP contribution is 2.19. The zero-order valence-electron chi connectivity index (χ0n) is 11.5. The van der Waals surface area contributed by atoms with Crippen LogP contribution in [0.1, 0.15) is 27.0 Å². The lowest BCUT2D eigenvalue weighted by molar-refractivity contribution is 0.0697. The average molecular weight is 297 g/mol. The Balaban J connectivity index is 2.47. The number of hydrogen-bond donors (Lipinski definition) is 3. The number of aromatic carboxylic acids is 1. The van der Waals surface area contributed by atoms with Crippen molar-refractivity contribution in [2.75, 3.05) is 0 Å². The van der Waals surface area contributed by atoms with E-state index >= 15 is 0 Å². The molecule has 0 aliphatic rings. The van der Waals surface area contributed by atoms with E-state index in [4.69, 9.17) is 10.4 Å². The molecule has 0 fully saturated rings. The fourth-order valence-corrected chi connectivity index (χ4v) is 1.87. The molecule has 1 aromatic heterocycles. The Morgan fingerprint density at radius 1 is 1.45 bits per heavy atom. The number of rotatable bonds is 3. The molecule has 0 saturated carbocycles. The van der Waals surface area contributed by atoms with Crippen molar-refractivity contribution in [1.82, 2.24) is 4.98 Å². The first-order valence-electron chi connectivity index (χ1n) is 6.17. The minimum absolute atomic E-state index is 0.0785. The first kappa shape index (κ1) is 15.0. The fourth-order valence-electron chi connectivity index (χ4n) is 1.87. The number of hydrogen-bond acceptors (Lipinski definition) is 5. The van der Waals surface area contributed by atoms with Gasteiger partial charge < -0.3 is 10.2 Å². The maximum absolute atomic E-state index is 11.5. The summed E-state index contributed by atoms with van der Waals surface area (Å²) in [6.07, 6.45) is 1.27. The maximum atomic E-state index is 11.5. The fraction of sp³-hybridized carbons (Fsp3) is 0.0667. The summed E-state index contributed by atoms with van der Waals surface area (Å²) < 4.78 is 0. The molecule has 0 bridgehead atoms. The van der Waals surface area contributed by atoms with Crippen LogP contribution in [-0.2, 0) is 0 Å². The van der Waals surface area contributed by atoms with Gasteiger partial charge in [0.1, 0.15) is 11.6 Å². The standard InChI is InChI=1S/C15H11N3O4/c1-8-11(6-16)13(19)18-14(20)12(8)7-17-10-4-2-3-9(5-10)15(21)22/h2-5,7H,1H3,(H,21,22)(H2,18,19,20). The minimum Gasteiger partial charge on any atom is -0.494 e. The summed E-state index contributed by atoms with van der Waals surface area (Å²) in [5.74, 6) is -1.48. The summed E-state index contributed by atoms with van der Waals surface area (Å²) in [6.45, 7) is 1.52. The van der Waals surface area contributed by atoms with E-state index in [2.05, 4.69) is 9.98 Å². The van der Waals surface area contributed by atoms with Crippen LogP contribution in [0.3, 0.4) is 0 Å². The van der Waals surface area contributed by atoms with Gasteiger partial charge in [0.15, 0.2) is 0 Å². The molecule has 110 valence electrons. The molecule has 1 aromatic carbocycles. The molecular formula is C15H11N3O4. The third kappa shape index (κ3) is 2.86. The summed E-state index contributed by atoms with van der Waals surface area (Å²) in [5.41, 5.74) is 0.137. The van der Waals surface area contributed by atoms with E-state index in [9.17, 15) is 14.7 Å². The minimum atomic E-state index is -1.08. The summed E-state index contributed by atoms with van der Waals surface area (Å²) in [5, 5.41) is 27.6. The van der Waals surface area contributed by atoms with E-state index in [1.165, 1.54) is 31.3 Å². The van der Waals surface area contributed by atoms with Crippen molar-refractivity contribution in [3.63, 3.8) is 0 Å². The Bertz CT molecular complexity index is 875. The predicted molar refractivity (Wildman–Crippen MR) is 78.8 cm³/mol. The number of aromatic hydroxyl groups is 1. The van der Waals surface area contributed by atoms with E-state index < -0.39 is 17.4 Å². The second-order valence-electron chi connectivity index (χ2n) is 4.44. The molecule has 2 rings (SSSR count). The molecule has 7 nitrogen and oxygen atoms in total. The Hall–Kier alpha value is -3.40. The number of benzene rings is 1. The van der Waals surface area contributed by atoms with Gasteiger partial charge in [0.05, 0.1) is 16.8 Å². The highest BCUT2D eigenvalue weighted by Gasteiger charge is 2.12. The second-order valence-corrected chi connectivity index (χ2v) is 4.44. The lowest BCUT2D eigenvalue weighted by atomic mass is 10.1. The molecule has 0 aliphatic heterocycles. The number of carbonyl (C=O) groups is 1. The number of H-pyrrole nitrogens is 1. The molecule has 1 heterocycles. The monoisotopic (exact) mass is 297 g/mol. The smallest absolute Gasteiger partial charge is 0.335 e. The first-order valence-corrected chi connectivity index (χ1v) is 6.17. The van der Waals surface area contributed by atoms with Gasteiger partial charge in [-0.15, -0.1) is 0 Å². The van der Waals surface area contributed by atoms with Crippen LogP contribution in [0.25, 0.3) is 0 Å². The molecule has 0 saturated heterocycles. The van der Waals surface area contributed by atoms with Crippen molar-refractivity contribution in [2.24, 2.45) is 4.99 Å². The molecule has 0 aliphatic carbocycles. The van der Waals surface area contributed by atoms with Gasteiger partial charge in [-0.05, 0) is 30.7 Å². The SMILES string of the molecule is Cc1c(C=Nc2cccc(C(=O)O)c2)c(O)[nH]c(=O)c1C#N. The molecule has 0 amide bonds. The lowest BCUT2D eigenvalue weighted by Crippen LogP contribution is -2.14. The van der Waals surface area contributed by atoms with Gasteiger partial charge in [-0.2, -0.15) is 5.26 Å². The van der Waals surface area contributed by atoms with Gasteiger partial charge in [-0.25, -0.2) is 4.79 Å². The second kappa shape index (κ2) is 5.93. The van der Waals surface area contributed by atoms with Crippen molar-refractivity contribution in [3.8, 4) is 11.9 Å². The number of aromatic amines is 1. The predicted octanol–water partition coefficient (Wildman–Crippen LogP) is 1.71. The zero-order chi connectivity index (χ0) is 16.3. The maximum Gasteiger partial charge on any atom is 0.335 e. The topological polar surface area (TPSA) is 127 Å². The molecule has 0 atom stereocenters. The number of nitrogens with zero attached hydrogens (tertiary/aromatic N) is 2.